The molecule has 3 aliphatic heterocycles. The van der Waals surface area contributed by atoms with E-state index in [4.69, 9.17) is 24.7 Å². The van der Waals surface area contributed by atoms with Crippen LogP contribution in [0.25, 0.3) is 0 Å². The van der Waals surface area contributed by atoms with Gasteiger partial charge in [0.25, 0.3) is 0 Å². The number of rotatable bonds is 4. The molecule has 0 aromatic carbocycles. The zero-order valence-electron chi connectivity index (χ0n) is 38.6. The molecule has 2 saturated heterocycles. The third-order valence-electron chi connectivity index (χ3n) is 12.5. The summed E-state index contributed by atoms with van der Waals surface area (Å²) in [6.07, 6.45) is 8.87. The molecule has 3 fully saturated rings. The lowest BCUT2D eigenvalue weighted by molar-refractivity contribution is -0.304. The maximum atomic E-state index is 13.7. The van der Waals surface area contributed by atoms with Gasteiger partial charge in [0, 0.05) is 44.1 Å². The Morgan fingerprint density at radius 1 is 0.687 bits per heavy atom. The van der Waals surface area contributed by atoms with Crippen molar-refractivity contribution in [2.45, 2.75) is 188 Å². The number of esters is 1. The Hall–Kier alpha value is -3.44. The zero-order valence-corrected chi connectivity index (χ0v) is 38.6. The van der Waals surface area contributed by atoms with Crippen LogP contribution in [0.5, 0.6) is 0 Å². The molecule has 378 valence electrons. The van der Waals surface area contributed by atoms with Crippen LogP contribution in [0, 0.1) is 11.8 Å². The van der Waals surface area contributed by atoms with Gasteiger partial charge in [-0.3, -0.25) is 9.59 Å². The fourth-order valence-corrected chi connectivity index (χ4v) is 8.36. The Kier molecular flexibility index (Phi) is 23.7. The van der Waals surface area contributed by atoms with Gasteiger partial charge in [-0.2, -0.15) is 0 Å². The number of hydrogen-bond acceptors (Lipinski definition) is 17. The van der Waals surface area contributed by atoms with Crippen LogP contribution in [-0.2, 0) is 28.5 Å². The molecule has 0 aromatic heterocycles. The number of carbonyl (C=O) groups excluding carboxylic acids is 2. The van der Waals surface area contributed by atoms with Gasteiger partial charge in [-0.15, -0.1) is 0 Å². The van der Waals surface area contributed by atoms with Crippen molar-refractivity contribution in [1.29, 1.82) is 0 Å². The maximum Gasteiger partial charge on any atom is 0.308 e. The van der Waals surface area contributed by atoms with E-state index >= 15 is 0 Å². The number of allylic oxidation sites excluding steroid dienone is 12. The van der Waals surface area contributed by atoms with Crippen molar-refractivity contribution >= 4 is 11.9 Å². The van der Waals surface area contributed by atoms with Crippen LogP contribution in [0.3, 0.4) is 0 Å². The molecule has 3 heterocycles. The molecule has 1 aliphatic carbocycles. The van der Waals surface area contributed by atoms with Crippen molar-refractivity contribution < 1.29 is 79.6 Å². The Balaban J connectivity index is 1.56. The van der Waals surface area contributed by atoms with Gasteiger partial charge in [-0.1, -0.05) is 92.0 Å². The summed E-state index contributed by atoms with van der Waals surface area (Å²) in [4.78, 5) is 26.3. The first-order valence-electron chi connectivity index (χ1n) is 23.6. The summed E-state index contributed by atoms with van der Waals surface area (Å²) in [6, 6.07) is -1.19. The molecule has 18 nitrogen and oxygen atoms in total. The zero-order chi connectivity index (χ0) is 49.1. The van der Waals surface area contributed by atoms with Crippen molar-refractivity contribution in [3.63, 3.8) is 0 Å². The van der Waals surface area contributed by atoms with Crippen LogP contribution < -0.4 is 11.1 Å². The van der Waals surface area contributed by atoms with E-state index in [2.05, 4.69) is 5.32 Å². The number of carbonyl (C=O) groups is 2. The molecule has 1 saturated carbocycles. The number of cyclic esters (lactones) is 1. The van der Waals surface area contributed by atoms with Crippen molar-refractivity contribution in [2.24, 2.45) is 17.6 Å². The monoisotopic (exact) mass is 949 g/mol. The summed E-state index contributed by atoms with van der Waals surface area (Å²) in [7, 11) is 0. The second-order valence-electron chi connectivity index (χ2n) is 18.5. The summed E-state index contributed by atoms with van der Waals surface area (Å²) in [6.45, 7) is 3.23. The second kappa shape index (κ2) is 28.3. The topological polar surface area (TPSA) is 311 Å². The fourth-order valence-electron chi connectivity index (χ4n) is 8.36. The third-order valence-corrected chi connectivity index (χ3v) is 12.5. The van der Waals surface area contributed by atoms with Crippen LogP contribution in [0.2, 0.25) is 0 Å². The fraction of sp³-hybridized carbons (Fsp3) is 0.673. The summed E-state index contributed by atoms with van der Waals surface area (Å²) in [5.41, 5.74) is 6.01. The Labute approximate surface area is 393 Å². The van der Waals surface area contributed by atoms with E-state index in [0.717, 1.165) is 19.3 Å². The molecular formula is C49H76N2O16. The summed E-state index contributed by atoms with van der Waals surface area (Å²) in [5, 5.41) is 112. The number of aliphatic hydroxyl groups is 10. The van der Waals surface area contributed by atoms with Crippen molar-refractivity contribution in [3.8, 4) is 0 Å². The lowest BCUT2D eigenvalue weighted by Crippen LogP contribution is -2.60. The molecule has 17 atom stereocenters. The molecule has 0 aromatic rings. The molecule has 1 amide bonds. The molecule has 4 rings (SSSR count). The Morgan fingerprint density at radius 2 is 1.30 bits per heavy atom. The van der Waals surface area contributed by atoms with Gasteiger partial charge in [0.05, 0.1) is 86.0 Å². The largest absolute Gasteiger partial charge is 0.462 e. The maximum absolute atomic E-state index is 13.7. The van der Waals surface area contributed by atoms with Crippen LogP contribution in [0.15, 0.2) is 85.1 Å². The lowest BCUT2D eigenvalue weighted by atomic mass is 9.81. The minimum atomic E-state index is -2.23. The molecule has 0 radical (unpaired) electrons. The smallest absolute Gasteiger partial charge is 0.308 e. The van der Waals surface area contributed by atoms with E-state index in [9.17, 15) is 60.7 Å². The normalized spacial score (nSPS) is 43.5. The summed E-state index contributed by atoms with van der Waals surface area (Å²) >= 11 is 0. The minimum absolute atomic E-state index is 0.0815. The van der Waals surface area contributed by atoms with Crippen molar-refractivity contribution in [2.75, 3.05) is 6.61 Å². The molecule has 0 spiro atoms. The molecular weight excluding hydrogens is 873 g/mol. The van der Waals surface area contributed by atoms with Crippen LogP contribution in [-0.4, -0.2) is 167 Å². The van der Waals surface area contributed by atoms with Gasteiger partial charge in [0.2, 0.25) is 5.91 Å². The highest BCUT2D eigenvalue weighted by molar-refractivity contribution is 5.80. The van der Waals surface area contributed by atoms with Gasteiger partial charge in [-0.25, -0.2) is 0 Å². The molecule has 4 aliphatic rings. The predicted octanol–water partition coefficient (Wildman–Crippen LogP) is 0.661. The number of aliphatic hydroxyl groups excluding tert-OH is 9. The minimum Gasteiger partial charge on any atom is -0.462 e. The number of hydrogen-bond donors (Lipinski definition) is 12. The predicted molar refractivity (Wildman–Crippen MR) is 246 cm³/mol. The SMILES string of the molecule is C[C@H]1C[C@H](O)[C@@H](C)/C=C/C=C/C=C/C=C/C=C/C=C/C=C/C(O[C@@H]2OC[C@@H](O)[C@H](N)[C@H]2O)C[C@@H]2OC(O)(CC(O)CC(O)C(O)CCC(O)CC(O)CC(=O)O1)C[C@H](O)[C@H]2C(=O)NC1CCC1. The number of ether oxygens (including phenoxy) is 4. The highest BCUT2D eigenvalue weighted by Gasteiger charge is 2.51. The van der Waals surface area contributed by atoms with Crippen LogP contribution in [0.4, 0.5) is 0 Å². The first kappa shape index (κ1) is 56.2. The molecule has 67 heavy (non-hydrogen) atoms. The van der Waals surface area contributed by atoms with E-state index in [-0.39, 0.29) is 50.7 Å². The van der Waals surface area contributed by atoms with Crippen LogP contribution >= 0.6 is 0 Å². The van der Waals surface area contributed by atoms with Gasteiger partial charge in [-0.05, 0) is 45.4 Å². The van der Waals surface area contributed by atoms with Crippen molar-refractivity contribution in [3.05, 3.63) is 85.1 Å². The standard InChI is InChI=1S/C49H76N2O16/c1-30-16-13-11-9-7-5-3-4-6-8-10-12-14-19-36(66-48-46(61)45(50)41(59)29-64-48)26-42-44(47(62)51-32-17-15-18-32)40(58)28-49(63,67-42)27-35(54)24-39(57)37(55)21-20-33(52)23-34(53)25-43(60)65-31(2)22-38(30)56/h3-14,16,19,30-42,44-46,48,52-59,61,63H,15,17-18,20-29,50H2,1-2H3,(H,51,62)/b4-3+,7-5+,8-6+,11-9+,12-10+,16-13+,19-14+/t30-,31-,33?,34?,35?,36?,37?,38-,39?,40-,41+,42-,44+,45-,46+,48-,49?/m0/s1. The van der Waals surface area contributed by atoms with Crippen molar-refractivity contribution in [1.82, 2.24) is 5.32 Å². The average Bonchev–Trinajstić information content (AvgIpc) is 3.23. The van der Waals surface area contributed by atoms with Gasteiger partial charge < -0.3 is 81.1 Å². The van der Waals surface area contributed by atoms with E-state index in [1.165, 1.54) is 0 Å². The molecule has 2 bridgehead atoms. The Bertz CT molecular complexity index is 1720. The second-order valence-corrected chi connectivity index (χ2v) is 18.5. The molecule has 13 N–H and O–H groups in total. The van der Waals surface area contributed by atoms with Crippen LogP contribution in [0.1, 0.15) is 90.9 Å². The van der Waals surface area contributed by atoms with Gasteiger partial charge in [0.15, 0.2) is 12.1 Å². The number of nitrogens with two attached hydrogens (primary N) is 1. The van der Waals surface area contributed by atoms with E-state index < -0.39 is 135 Å². The van der Waals surface area contributed by atoms with E-state index in [1.807, 2.05) is 49.5 Å². The first-order chi connectivity index (χ1) is 31.8. The summed E-state index contributed by atoms with van der Waals surface area (Å²) < 4.78 is 23.3. The average molecular weight is 949 g/mol. The Morgan fingerprint density at radius 3 is 1.91 bits per heavy atom. The van der Waals surface area contributed by atoms with E-state index in [0.29, 0.717) is 0 Å². The number of amides is 1. The lowest BCUT2D eigenvalue weighted by Gasteiger charge is -2.46. The van der Waals surface area contributed by atoms with Gasteiger partial charge in [0.1, 0.15) is 12.2 Å². The highest BCUT2D eigenvalue weighted by Crippen LogP contribution is 2.38. The quantitative estimate of drug-likeness (QED) is 0.172. The first-order valence-corrected chi connectivity index (χ1v) is 23.6. The molecule has 7 unspecified atom stereocenters. The van der Waals surface area contributed by atoms with E-state index in [1.54, 1.807) is 49.5 Å². The highest BCUT2D eigenvalue weighted by atomic mass is 16.7. The number of nitrogens with one attached hydrogen (secondary N) is 1. The molecule has 18 heteroatoms. The third kappa shape index (κ3) is 19.5. The summed E-state index contributed by atoms with van der Waals surface area (Å²) in [5.74, 6) is -4.92. The van der Waals surface area contributed by atoms with Gasteiger partial charge >= 0.3 is 5.97 Å². The number of fused-ring (bicyclic) bond motifs is 2.